The number of carboxylic acid groups (broad SMARTS) is 1. The summed E-state index contributed by atoms with van der Waals surface area (Å²) in [5.41, 5.74) is -0.530. The van der Waals surface area contributed by atoms with Gasteiger partial charge < -0.3 is 9.94 Å². The zero-order valence-corrected chi connectivity index (χ0v) is 9.60. The summed E-state index contributed by atoms with van der Waals surface area (Å²) in [4.78, 5) is 26.8. The molecule has 1 fully saturated rings. The van der Waals surface area contributed by atoms with Crippen molar-refractivity contribution in [3.63, 3.8) is 0 Å². The quantitative estimate of drug-likeness (QED) is 0.449. The van der Waals surface area contributed by atoms with E-state index < -0.39 is 17.5 Å². The fraction of sp³-hybridized carbons (Fsp3) is 0.727. The highest BCUT2D eigenvalue weighted by atomic mass is 16.6. The molecule has 0 saturated heterocycles. The molecule has 0 heterocycles. The molecular formula is C11H17NO4. The van der Waals surface area contributed by atoms with Crippen molar-refractivity contribution in [1.29, 1.82) is 0 Å². The van der Waals surface area contributed by atoms with E-state index in [0.717, 1.165) is 19.3 Å². The molecule has 1 saturated carbocycles. The molecule has 1 N–H and O–H groups in total. The molecule has 2 atom stereocenters. The second kappa shape index (κ2) is 5.63. The lowest BCUT2D eigenvalue weighted by atomic mass is 9.88. The first kappa shape index (κ1) is 12.7. The van der Waals surface area contributed by atoms with Gasteiger partial charge in [-0.15, -0.1) is 0 Å². The van der Waals surface area contributed by atoms with Crippen LogP contribution in [0, 0.1) is 5.92 Å². The Labute approximate surface area is 94.5 Å². The van der Waals surface area contributed by atoms with Gasteiger partial charge in [0.15, 0.2) is 5.78 Å². The smallest absolute Gasteiger partial charge is 0.361 e. The van der Waals surface area contributed by atoms with E-state index in [1.54, 1.807) is 0 Å². The zero-order valence-electron chi connectivity index (χ0n) is 9.60. The number of carbonyl (C=O) groups is 2. The standard InChI is InChI=1S/C11H17NO4/c1-7-5-3-4-6-9(7)16-12-10(8(2)13)11(14)15/h7,9H,3-6H2,1-2H3,(H,14,15)/t7-,9+/m0/s1. The van der Waals surface area contributed by atoms with E-state index >= 15 is 0 Å². The predicted molar refractivity (Wildman–Crippen MR) is 58.3 cm³/mol. The van der Waals surface area contributed by atoms with Crippen LogP contribution in [0.2, 0.25) is 0 Å². The third-order valence-corrected chi connectivity index (χ3v) is 2.85. The van der Waals surface area contributed by atoms with Gasteiger partial charge in [0.1, 0.15) is 6.10 Å². The maximum absolute atomic E-state index is 10.9. The number of ketones is 1. The van der Waals surface area contributed by atoms with Gasteiger partial charge in [0, 0.05) is 6.92 Å². The molecule has 0 spiro atoms. The fourth-order valence-corrected chi connectivity index (χ4v) is 1.81. The third kappa shape index (κ3) is 3.32. The van der Waals surface area contributed by atoms with Crippen LogP contribution in [0.1, 0.15) is 39.5 Å². The first-order valence-corrected chi connectivity index (χ1v) is 5.50. The fourth-order valence-electron chi connectivity index (χ4n) is 1.81. The monoisotopic (exact) mass is 227 g/mol. The van der Waals surface area contributed by atoms with Gasteiger partial charge in [0.05, 0.1) is 0 Å². The van der Waals surface area contributed by atoms with Crippen molar-refractivity contribution in [3.05, 3.63) is 0 Å². The Morgan fingerprint density at radius 1 is 1.31 bits per heavy atom. The maximum atomic E-state index is 10.9. The number of carboxylic acids is 1. The van der Waals surface area contributed by atoms with E-state index in [0.29, 0.717) is 5.92 Å². The Hall–Kier alpha value is -1.39. The molecule has 16 heavy (non-hydrogen) atoms. The minimum absolute atomic E-state index is 0.0672. The van der Waals surface area contributed by atoms with Crippen LogP contribution >= 0.6 is 0 Å². The van der Waals surface area contributed by atoms with Crippen molar-refractivity contribution in [1.82, 2.24) is 0 Å². The van der Waals surface area contributed by atoms with E-state index in [9.17, 15) is 9.59 Å². The third-order valence-electron chi connectivity index (χ3n) is 2.85. The van der Waals surface area contributed by atoms with E-state index in [4.69, 9.17) is 9.94 Å². The molecule has 0 aliphatic heterocycles. The number of nitrogens with zero attached hydrogens (tertiary/aromatic N) is 1. The van der Waals surface area contributed by atoms with Crippen molar-refractivity contribution in [3.8, 4) is 0 Å². The molecule has 5 heteroatoms. The summed E-state index contributed by atoms with van der Waals surface area (Å²) in [7, 11) is 0. The first-order chi connectivity index (χ1) is 7.52. The summed E-state index contributed by atoms with van der Waals surface area (Å²) in [6, 6.07) is 0. The summed E-state index contributed by atoms with van der Waals surface area (Å²) >= 11 is 0. The van der Waals surface area contributed by atoms with Crippen molar-refractivity contribution in [2.24, 2.45) is 11.1 Å². The van der Waals surface area contributed by atoms with Crippen molar-refractivity contribution in [2.45, 2.75) is 45.6 Å². The summed E-state index contributed by atoms with van der Waals surface area (Å²) < 4.78 is 0. The lowest BCUT2D eigenvalue weighted by molar-refractivity contribution is -0.130. The van der Waals surface area contributed by atoms with Crippen LogP contribution in [0.15, 0.2) is 5.16 Å². The first-order valence-electron chi connectivity index (χ1n) is 5.50. The SMILES string of the molecule is CC(=O)C(=NO[C@@H]1CCCC[C@@H]1C)C(=O)O. The molecule has 1 rings (SSSR count). The molecule has 0 amide bonds. The molecule has 90 valence electrons. The van der Waals surface area contributed by atoms with Gasteiger partial charge in [-0.05, 0) is 25.2 Å². The number of Topliss-reactive ketones (excluding diaryl/α,β-unsaturated/α-hetero) is 1. The number of rotatable bonds is 4. The Bertz CT molecular complexity index is 295. The van der Waals surface area contributed by atoms with Gasteiger partial charge in [-0.2, -0.15) is 0 Å². The molecular weight excluding hydrogens is 210 g/mol. The average molecular weight is 227 g/mol. The molecule has 0 aromatic heterocycles. The van der Waals surface area contributed by atoms with E-state index in [-0.39, 0.29) is 6.10 Å². The zero-order chi connectivity index (χ0) is 12.1. The lowest BCUT2D eigenvalue weighted by Crippen LogP contribution is -2.27. The van der Waals surface area contributed by atoms with Gasteiger partial charge in [-0.25, -0.2) is 4.79 Å². The van der Waals surface area contributed by atoms with Crippen LogP contribution in [0.4, 0.5) is 0 Å². The second-order valence-electron chi connectivity index (χ2n) is 4.21. The van der Waals surface area contributed by atoms with Crippen LogP contribution in [0.25, 0.3) is 0 Å². The molecule has 0 bridgehead atoms. The Kier molecular flexibility index (Phi) is 4.46. The Morgan fingerprint density at radius 3 is 2.44 bits per heavy atom. The molecule has 5 nitrogen and oxygen atoms in total. The van der Waals surface area contributed by atoms with E-state index in [1.807, 2.05) is 6.92 Å². The Balaban J connectivity index is 2.61. The highest BCUT2D eigenvalue weighted by molar-refractivity contribution is 6.63. The number of hydrogen-bond acceptors (Lipinski definition) is 4. The highest BCUT2D eigenvalue weighted by Gasteiger charge is 2.24. The number of carbonyl (C=O) groups excluding carboxylic acids is 1. The van der Waals surface area contributed by atoms with Gasteiger partial charge in [-0.1, -0.05) is 18.5 Å². The van der Waals surface area contributed by atoms with Gasteiger partial charge in [-0.3, -0.25) is 4.79 Å². The summed E-state index contributed by atoms with van der Waals surface area (Å²) in [5.74, 6) is -1.56. The van der Waals surface area contributed by atoms with Gasteiger partial charge in [0.2, 0.25) is 5.71 Å². The maximum Gasteiger partial charge on any atom is 0.361 e. The molecule has 0 aromatic carbocycles. The Morgan fingerprint density at radius 2 is 1.94 bits per heavy atom. The highest BCUT2D eigenvalue weighted by Crippen LogP contribution is 2.26. The minimum Gasteiger partial charge on any atom is -0.476 e. The van der Waals surface area contributed by atoms with Crippen molar-refractivity contribution in [2.75, 3.05) is 0 Å². The summed E-state index contributed by atoms with van der Waals surface area (Å²) in [6.07, 6.45) is 4.09. The van der Waals surface area contributed by atoms with Crippen molar-refractivity contribution >= 4 is 17.5 Å². The normalized spacial score (nSPS) is 26.2. The second-order valence-corrected chi connectivity index (χ2v) is 4.21. The number of aliphatic carboxylic acids is 1. The van der Waals surface area contributed by atoms with Crippen LogP contribution < -0.4 is 0 Å². The molecule has 1 aliphatic rings. The average Bonchev–Trinajstić information content (AvgIpc) is 2.20. The van der Waals surface area contributed by atoms with Crippen LogP contribution in [-0.4, -0.2) is 28.7 Å². The van der Waals surface area contributed by atoms with Gasteiger partial charge >= 0.3 is 5.97 Å². The van der Waals surface area contributed by atoms with E-state index in [2.05, 4.69) is 5.16 Å². The van der Waals surface area contributed by atoms with Crippen molar-refractivity contribution < 1.29 is 19.5 Å². The predicted octanol–water partition coefficient (Wildman–Crippen LogP) is 1.61. The molecule has 1 aliphatic carbocycles. The lowest BCUT2D eigenvalue weighted by Gasteiger charge is -2.26. The van der Waals surface area contributed by atoms with Gasteiger partial charge in [0.25, 0.3) is 0 Å². The van der Waals surface area contributed by atoms with E-state index in [1.165, 1.54) is 13.3 Å². The number of oxime groups is 1. The summed E-state index contributed by atoms with van der Waals surface area (Å²) in [5, 5.41) is 12.2. The molecule has 0 radical (unpaired) electrons. The van der Waals surface area contributed by atoms with Crippen LogP contribution in [0.3, 0.4) is 0 Å². The summed E-state index contributed by atoms with van der Waals surface area (Å²) in [6.45, 7) is 3.22. The molecule has 0 unspecified atom stereocenters. The molecule has 0 aromatic rings. The number of hydrogen-bond donors (Lipinski definition) is 1. The largest absolute Gasteiger partial charge is 0.476 e. The minimum atomic E-state index is -1.34. The topological polar surface area (TPSA) is 76.0 Å². The van der Waals surface area contributed by atoms with Crippen LogP contribution in [0.5, 0.6) is 0 Å². The van der Waals surface area contributed by atoms with Crippen LogP contribution in [-0.2, 0) is 14.4 Å².